The number of carbonyl (C=O) groups excluding carboxylic acids is 1. The first-order chi connectivity index (χ1) is 12.8. The first-order valence-electron chi connectivity index (χ1n) is 7.86. The predicted octanol–water partition coefficient (Wildman–Crippen LogP) is 4.73. The van der Waals surface area contributed by atoms with Crippen molar-refractivity contribution in [3.63, 3.8) is 0 Å². The molecule has 0 spiro atoms. The Morgan fingerprint density at radius 3 is 2.41 bits per heavy atom. The van der Waals surface area contributed by atoms with Gasteiger partial charge in [0.2, 0.25) is 0 Å². The Kier molecular flexibility index (Phi) is 5.50. The number of rotatable bonds is 3. The van der Waals surface area contributed by atoms with Crippen LogP contribution in [0.5, 0.6) is 0 Å². The van der Waals surface area contributed by atoms with E-state index in [-0.39, 0.29) is 5.56 Å². The molecule has 0 saturated heterocycles. The fraction of sp³-hybridized carbons (Fsp3) is 0.222. The third-order valence-corrected chi connectivity index (χ3v) is 4.95. The van der Waals surface area contributed by atoms with Gasteiger partial charge in [0.05, 0.1) is 12.1 Å². The lowest BCUT2D eigenvalue weighted by Crippen LogP contribution is -2.33. The van der Waals surface area contributed by atoms with Crippen molar-refractivity contribution in [3.05, 3.63) is 70.8 Å². The maximum atomic E-state index is 13.3. The van der Waals surface area contributed by atoms with E-state index in [0.29, 0.717) is 29.6 Å². The van der Waals surface area contributed by atoms with Gasteiger partial charge in [-0.15, -0.1) is 0 Å². The molecule has 1 heterocycles. The summed E-state index contributed by atoms with van der Waals surface area (Å²) < 4.78 is 64.1. The highest BCUT2D eigenvalue weighted by Crippen LogP contribution is 2.30. The van der Waals surface area contributed by atoms with E-state index < -0.39 is 29.3 Å². The van der Waals surface area contributed by atoms with Gasteiger partial charge >= 0.3 is 6.18 Å². The van der Waals surface area contributed by atoms with E-state index in [1.165, 1.54) is 34.9 Å². The number of amides is 1. The third kappa shape index (κ3) is 4.47. The first-order valence-corrected chi connectivity index (χ1v) is 8.84. The van der Waals surface area contributed by atoms with Crippen LogP contribution in [0.15, 0.2) is 47.5 Å². The summed E-state index contributed by atoms with van der Waals surface area (Å²) in [4.78, 5) is 18.1. The lowest BCUT2D eigenvalue weighted by atomic mass is 10.1. The summed E-state index contributed by atoms with van der Waals surface area (Å²) in [5, 5.41) is 0.393. The molecule has 142 valence electrons. The molecule has 0 radical (unpaired) electrons. The van der Waals surface area contributed by atoms with Crippen molar-refractivity contribution < 1.29 is 26.7 Å². The lowest BCUT2D eigenvalue weighted by Gasteiger charge is -2.18. The molecule has 3 rings (SSSR count). The predicted molar refractivity (Wildman–Crippen MR) is 92.4 cm³/mol. The minimum Gasteiger partial charge on any atom is -0.286 e. The van der Waals surface area contributed by atoms with E-state index >= 15 is 0 Å². The van der Waals surface area contributed by atoms with Crippen molar-refractivity contribution in [3.8, 4) is 0 Å². The van der Waals surface area contributed by atoms with E-state index in [2.05, 4.69) is 4.99 Å². The standard InChI is InChI=1S/C18H13F5N2OS/c19-14-6-3-12(9-15(14)20)16(26)25-8-7-24-17(25)27-10-11-1-4-13(5-2-11)18(21,22)23/h1-6,9H,7-8,10H2. The molecule has 1 amide bonds. The number of halogens is 5. The number of alkyl halides is 3. The molecule has 0 N–H and O–H groups in total. The van der Waals surface area contributed by atoms with Gasteiger partial charge < -0.3 is 0 Å². The lowest BCUT2D eigenvalue weighted by molar-refractivity contribution is -0.137. The van der Waals surface area contributed by atoms with Gasteiger partial charge in [-0.2, -0.15) is 13.2 Å². The molecule has 2 aromatic carbocycles. The topological polar surface area (TPSA) is 32.7 Å². The number of hydrogen-bond acceptors (Lipinski definition) is 3. The van der Waals surface area contributed by atoms with E-state index in [0.717, 1.165) is 24.3 Å². The second-order valence-corrected chi connectivity index (χ2v) is 6.68. The number of carbonyl (C=O) groups is 1. The van der Waals surface area contributed by atoms with E-state index in [9.17, 15) is 26.7 Å². The van der Waals surface area contributed by atoms with Crippen molar-refractivity contribution in [2.75, 3.05) is 13.1 Å². The maximum Gasteiger partial charge on any atom is 0.416 e. The second kappa shape index (κ2) is 7.67. The van der Waals surface area contributed by atoms with Crippen molar-refractivity contribution in [2.45, 2.75) is 11.9 Å². The minimum absolute atomic E-state index is 0.00127. The highest BCUT2D eigenvalue weighted by atomic mass is 32.2. The average molecular weight is 400 g/mol. The van der Waals surface area contributed by atoms with Gasteiger partial charge in [0.15, 0.2) is 16.8 Å². The largest absolute Gasteiger partial charge is 0.416 e. The van der Waals surface area contributed by atoms with E-state index in [4.69, 9.17) is 0 Å². The van der Waals surface area contributed by atoms with Crippen molar-refractivity contribution in [1.82, 2.24) is 4.90 Å². The summed E-state index contributed by atoms with van der Waals surface area (Å²) in [5.41, 5.74) is -0.0916. The van der Waals surface area contributed by atoms with Crippen LogP contribution in [0.1, 0.15) is 21.5 Å². The molecule has 0 fully saturated rings. The molecule has 1 aliphatic heterocycles. The number of benzene rings is 2. The highest BCUT2D eigenvalue weighted by molar-refractivity contribution is 8.13. The van der Waals surface area contributed by atoms with Crippen LogP contribution in [-0.2, 0) is 11.9 Å². The quantitative estimate of drug-likeness (QED) is 0.698. The zero-order valence-electron chi connectivity index (χ0n) is 13.8. The third-order valence-electron chi connectivity index (χ3n) is 3.86. The monoisotopic (exact) mass is 400 g/mol. The molecule has 0 saturated carbocycles. The first kappa shape index (κ1) is 19.3. The van der Waals surface area contributed by atoms with Crippen LogP contribution in [0.25, 0.3) is 0 Å². The summed E-state index contributed by atoms with van der Waals surface area (Å²) in [5.74, 6) is -2.35. The molecule has 0 bridgehead atoms. The van der Waals surface area contributed by atoms with Gasteiger partial charge in [0.1, 0.15) is 0 Å². The maximum absolute atomic E-state index is 13.3. The van der Waals surface area contributed by atoms with Crippen molar-refractivity contribution >= 4 is 22.8 Å². The summed E-state index contributed by atoms with van der Waals surface area (Å²) in [7, 11) is 0. The molecule has 2 aromatic rings. The van der Waals surface area contributed by atoms with Gasteiger partial charge in [-0.25, -0.2) is 8.78 Å². The Hall–Kier alpha value is -2.42. The molecule has 3 nitrogen and oxygen atoms in total. The van der Waals surface area contributed by atoms with Crippen LogP contribution in [-0.4, -0.2) is 29.1 Å². The Bertz CT molecular complexity index is 880. The Morgan fingerprint density at radius 2 is 1.78 bits per heavy atom. The molecule has 9 heteroatoms. The fourth-order valence-corrected chi connectivity index (χ4v) is 3.46. The Morgan fingerprint density at radius 1 is 1.07 bits per heavy atom. The molecule has 0 aliphatic carbocycles. The van der Waals surface area contributed by atoms with Crippen LogP contribution in [0.4, 0.5) is 22.0 Å². The summed E-state index contributed by atoms with van der Waals surface area (Å²) in [6, 6.07) is 7.63. The van der Waals surface area contributed by atoms with Crippen LogP contribution in [0.3, 0.4) is 0 Å². The Balaban J connectivity index is 1.66. The smallest absolute Gasteiger partial charge is 0.286 e. The Labute approximate surface area is 155 Å². The summed E-state index contributed by atoms with van der Waals surface area (Å²) >= 11 is 1.19. The van der Waals surface area contributed by atoms with Crippen molar-refractivity contribution in [2.24, 2.45) is 4.99 Å². The number of nitrogens with zero attached hydrogens (tertiary/aromatic N) is 2. The molecule has 27 heavy (non-hydrogen) atoms. The zero-order valence-corrected chi connectivity index (χ0v) is 14.6. The molecule has 0 unspecified atom stereocenters. The minimum atomic E-state index is -4.39. The van der Waals surface area contributed by atoms with Gasteiger partial charge in [0.25, 0.3) is 5.91 Å². The van der Waals surface area contributed by atoms with E-state index in [1.54, 1.807) is 0 Å². The molecule has 1 aliphatic rings. The second-order valence-electron chi connectivity index (χ2n) is 5.73. The number of amidine groups is 1. The zero-order chi connectivity index (χ0) is 19.6. The molecule has 0 aromatic heterocycles. The SMILES string of the molecule is O=C(c1ccc(F)c(F)c1)N1CCN=C1SCc1ccc(C(F)(F)F)cc1. The fourth-order valence-electron chi connectivity index (χ4n) is 2.46. The van der Waals surface area contributed by atoms with Crippen LogP contribution >= 0.6 is 11.8 Å². The van der Waals surface area contributed by atoms with Gasteiger partial charge in [-0.1, -0.05) is 23.9 Å². The van der Waals surface area contributed by atoms with Gasteiger partial charge in [-0.3, -0.25) is 14.7 Å². The normalized spacial score (nSPS) is 14.4. The molecular weight excluding hydrogens is 387 g/mol. The number of aliphatic imine (C=N–C) groups is 1. The van der Waals surface area contributed by atoms with Crippen LogP contribution < -0.4 is 0 Å². The average Bonchev–Trinajstić information content (AvgIpc) is 3.10. The summed E-state index contributed by atoms with van der Waals surface area (Å²) in [6.45, 7) is 0.665. The van der Waals surface area contributed by atoms with Crippen LogP contribution in [0.2, 0.25) is 0 Å². The highest BCUT2D eigenvalue weighted by Gasteiger charge is 2.30. The van der Waals surface area contributed by atoms with Gasteiger partial charge in [-0.05, 0) is 35.9 Å². The summed E-state index contributed by atoms with van der Waals surface area (Å²) in [6.07, 6.45) is -4.39. The number of thioether (sulfide) groups is 1. The van der Waals surface area contributed by atoms with Crippen molar-refractivity contribution in [1.29, 1.82) is 0 Å². The molecular formula is C18H13F5N2OS. The van der Waals surface area contributed by atoms with Gasteiger partial charge in [0, 0.05) is 17.9 Å². The van der Waals surface area contributed by atoms with Crippen LogP contribution in [0, 0.1) is 11.6 Å². The van der Waals surface area contributed by atoms with E-state index in [1.807, 2.05) is 0 Å². The number of hydrogen-bond donors (Lipinski definition) is 0. The molecule has 0 atom stereocenters.